The zero-order valence-corrected chi connectivity index (χ0v) is 16.5. The Labute approximate surface area is 168 Å². The highest BCUT2D eigenvalue weighted by atomic mass is 35.5. The average molecular weight is 397 g/mol. The lowest BCUT2D eigenvalue weighted by molar-refractivity contribution is 0.316. The highest BCUT2D eigenvalue weighted by Gasteiger charge is 2.22. The van der Waals surface area contributed by atoms with E-state index in [1.807, 2.05) is 37.3 Å². The molecule has 0 bridgehead atoms. The van der Waals surface area contributed by atoms with Crippen molar-refractivity contribution in [3.63, 3.8) is 0 Å². The van der Waals surface area contributed by atoms with Gasteiger partial charge < -0.3 is 15.0 Å². The summed E-state index contributed by atoms with van der Waals surface area (Å²) in [6, 6.07) is 9.65. The van der Waals surface area contributed by atoms with Crippen LogP contribution < -0.4 is 15.6 Å². The van der Waals surface area contributed by atoms with Crippen LogP contribution in [-0.2, 0) is 0 Å². The predicted molar refractivity (Wildman–Crippen MR) is 110 cm³/mol. The van der Waals surface area contributed by atoms with Gasteiger partial charge in [-0.25, -0.2) is 9.97 Å². The molecule has 1 aliphatic heterocycles. The number of aryl methyl sites for hydroxylation is 1. The molecule has 0 amide bonds. The van der Waals surface area contributed by atoms with Gasteiger partial charge in [0, 0.05) is 28.6 Å². The molecule has 4 rings (SSSR count). The van der Waals surface area contributed by atoms with E-state index in [0.29, 0.717) is 28.7 Å². The molecule has 0 radical (unpaired) electrons. The van der Waals surface area contributed by atoms with Gasteiger partial charge in [-0.15, -0.1) is 0 Å². The smallest absolute Gasteiger partial charge is 0.254 e. The maximum atomic E-state index is 12.0. The minimum Gasteiger partial charge on any atom is -0.492 e. The van der Waals surface area contributed by atoms with Gasteiger partial charge in [-0.1, -0.05) is 23.7 Å². The number of nitrogens with one attached hydrogen (secondary N) is 2. The van der Waals surface area contributed by atoms with E-state index in [-0.39, 0.29) is 11.6 Å². The molecule has 0 saturated heterocycles. The molecule has 2 aromatic heterocycles. The van der Waals surface area contributed by atoms with Crippen LogP contribution in [0, 0.1) is 13.8 Å². The second-order valence-corrected chi connectivity index (χ2v) is 7.31. The summed E-state index contributed by atoms with van der Waals surface area (Å²) in [5.41, 5.74) is 3.02. The van der Waals surface area contributed by atoms with E-state index in [4.69, 9.17) is 16.3 Å². The molecule has 0 spiro atoms. The van der Waals surface area contributed by atoms with Crippen LogP contribution in [0.4, 0.5) is 5.82 Å². The first-order valence-corrected chi connectivity index (χ1v) is 9.62. The summed E-state index contributed by atoms with van der Waals surface area (Å²) in [4.78, 5) is 23.8. The van der Waals surface area contributed by atoms with Gasteiger partial charge >= 0.3 is 0 Å². The number of pyridine rings is 1. The molecule has 28 heavy (non-hydrogen) atoms. The van der Waals surface area contributed by atoms with Crippen molar-refractivity contribution in [1.29, 1.82) is 0 Å². The van der Waals surface area contributed by atoms with Crippen LogP contribution in [-0.4, -0.2) is 21.6 Å². The van der Waals surface area contributed by atoms with E-state index in [1.165, 1.54) is 0 Å². The van der Waals surface area contributed by atoms with Crippen molar-refractivity contribution >= 4 is 17.4 Å². The number of fused-ring (bicyclic) bond motifs is 1. The summed E-state index contributed by atoms with van der Waals surface area (Å²) < 4.78 is 5.82. The van der Waals surface area contributed by atoms with Crippen LogP contribution in [0.2, 0.25) is 5.02 Å². The quantitative estimate of drug-likeness (QED) is 0.684. The second-order valence-electron chi connectivity index (χ2n) is 6.90. The highest BCUT2D eigenvalue weighted by Crippen LogP contribution is 2.38. The topological polar surface area (TPSA) is 79.9 Å². The summed E-state index contributed by atoms with van der Waals surface area (Å²) in [5, 5.41) is 4.10. The van der Waals surface area contributed by atoms with Gasteiger partial charge in [0.25, 0.3) is 5.56 Å². The third kappa shape index (κ3) is 3.60. The summed E-state index contributed by atoms with van der Waals surface area (Å²) in [6.45, 7) is 4.23. The van der Waals surface area contributed by atoms with Gasteiger partial charge in [0.1, 0.15) is 17.4 Å². The monoisotopic (exact) mass is 396 g/mol. The van der Waals surface area contributed by atoms with E-state index in [2.05, 4.69) is 20.3 Å². The minimum absolute atomic E-state index is 0.0640. The summed E-state index contributed by atoms with van der Waals surface area (Å²) in [7, 11) is 0. The van der Waals surface area contributed by atoms with Crippen LogP contribution in [0.15, 0.2) is 41.3 Å². The number of nitrogens with zero attached hydrogens (tertiary/aromatic N) is 2. The lowest BCUT2D eigenvalue weighted by Crippen LogP contribution is -2.14. The maximum absolute atomic E-state index is 12.0. The number of aromatic nitrogens is 3. The van der Waals surface area contributed by atoms with Crippen LogP contribution in [0.3, 0.4) is 0 Å². The van der Waals surface area contributed by atoms with E-state index in [0.717, 1.165) is 35.5 Å². The van der Waals surface area contributed by atoms with Crippen molar-refractivity contribution in [3.05, 3.63) is 68.7 Å². The molecular weight excluding hydrogens is 376 g/mol. The molecule has 7 heteroatoms. The van der Waals surface area contributed by atoms with E-state index < -0.39 is 0 Å². The highest BCUT2D eigenvalue weighted by molar-refractivity contribution is 6.32. The Morgan fingerprint density at radius 2 is 2.11 bits per heavy atom. The number of benzene rings is 1. The number of hydrogen-bond donors (Lipinski definition) is 2. The molecule has 0 fully saturated rings. The fraction of sp³-hybridized carbons (Fsp3) is 0.286. The molecule has 1 atom stereocenters. The van der Waals surface area contributed by atoms with Gasteiger partial charge in [-0.2, -0.15) is 0 Å². The standard InChI is InChI=1S/C21H21ClN4O2/c1-12-13(2)24-20(26-21(12)27)14-8-9-18(23-11-14)25-17-7-4-10-28-19-15(17)5-3-6-16(19)22/h3,5-6,8-9,11,17H,4,7,10H2,1-2H3,(H,23,25)(H,24,26,27). The van der Waals surface area contributed by atoms with Crippen molar-refractivity contribution in [2.75, 3.05) is 11.9 Å². The molecule has 1 aliphatic rings. The first-order chi connectivity index (χ1) is 13.5. The first kappa shape index (κ1) is 18.5. The summed E-state index contributed by atoms with van der Waals surface area (Å²) in [5.74, 6) is 2.01. The Hall–Kier alpha value is -2.86. The van der Waals surface area contributed by atoms with Gasteiger partial charge in [0.05, 0.1) is 17.7 Å². The normalized spacial score (nSPS) is 16.0. The van der Waals surface area contributed by atoms with Crippen LogP contribution >= 0.6 is 11.6 Å². The molecule has 6 nitrogen and oxygen atoms in total. The number of anilines is 1. The number of rotatable bonds is 3. The lowest BCUT2D eigenvalue weighted by atomic mass is 10.0. The Balaban J connectivity index is 1.59. The number of ether oxygens (including phenoxy) is 1. The maximum Gasteiger partial charge on any atom is 0.254 e. The SMILES string of the molecule is Cc1nc(-c2ccc(NC3CCCOc4c(Cl)cccc43)nc2)[nH]c(=O)c1C. The summed E-state index contributed by atoms with van der Waals surface area (Å²) >= 11 is 6.30. The number of para-hydroxylation sites is 1. The van der Waals surface area contributed by atoms with Gasteiger partial charge in [-0.05, 0) is 44.9 Å². The molecule has 0 aliphatic carbocycles. The average Bonchev–Trinajstić information content (AvgIpc) is 2.90. The van der Waals surface area contributed by atoms with Crippen LogP contribution in [0.1, 0.15) is 35.7 Å². The zero-order valence-electron chi connectivity index (χ0n) is 15.8. The molecule has 1 unspecified atom stereocenters. The number of H-pyrrole nitrogens is 1. The second kappa shape index (κ2) is 7.64. The Morgan fingerprint density at radius 3 is 2.86 bits per heavy atom. The number of aromatic amines is 1. The molecule has 2 N–H and O–H groups in total. The number of hydrogen-bond acceptors (Lipinski definition) is 5. The molecule has 3 aromatic rings. The number of halogens is 1. The third-order valence-electron chi connectivity index (χ3n) is 5.01. The Bertz CT molecular complexity index is 1060. The fourth-order valence-electron chi connectivity index (χ4n) is 3.30. The van der Waals surface area contributed by atoms with Crippen LogP contribution in [0.5, 0.6) is 5.75 Å². The van der Waals surface area contributed by atoms with E-state index in [9.17, 15) is 4.79 Å². The Morgan fingerprint density at radius 1 is 1.25 bits per heavy atom. The third-order valence-corrected chi connectivity index (χ3v) is 5.31. The van der Waals surface area contributed by atoms with Crippen molar-refractivity contribution in [1.82, 2.24) is 15.0 Å². The summed E-state index contributed by atoms with van der Waals surface area (Å²) in [6.07, 6.45) is 3.55. The lowest BCUT2D eigenvalue weighted by Gasteiger charge is -2.19. The van der Waals surface area contributed by atoms with E-state index in [1.54, 1.807) is 13.1 Å². The van der Waals surface area contributed by atoms with Gasteiger partial charge in [0.2, 0.25) is 0 Å². The fourth-order valence-corrected chi connectivity index (χ4v) is 3.54. The molecule has 1 aromatic carbocycles. The minimum atomic E-state index is -0.128. The molecule has 3 heterocycles. The predicted octanol–water partition coefficient (Wildman–Crippen LogP) is 4.43. The first-order valence-electron chi connectivity index (χ1n) is 9.24. The molecule has 0 saturated carbocycles. The van der Waals surface area contributed by atoms with Crippen molar-refractivity contribution in [3.8, 4) is 17.1 Å². The zero-order chi connectivity index (χ0) is 19.7. The van der Waals surface area contributed by atoms with Gasteiger partial charge in [-0.3, -0.25) is 4.79 Å². The van der Waals surface area contributed by atoms with Crippen molar-refractivity contribution in [2.45, 2.75) is 32.7 Å². The van der Waals surface area contributed by atoms with E-state index >= 15 is 0 Å². The largest absolute Gasteiger partial charge is 0.492 e. The van der Waals surface area contributed by atoms with Crippen molar-refractivity contribution in [2.24, 2.45) is 0 Å². The molecular formula is C21H21ClN4O2. The van der Waals surface area contributed by atoms with Crippen molar-refractivity contribution < 1.29 is 4.74 Å². The van der Waals surface area contributed by atoms with Crippen LogP contribution in [0.25, 0.3) is 11.4 Å². The Kier molecular flexibility index (Phi) is 5.05. The van der Waals surface area contributed by atoms with Gasteiger partial charge in [0.15, 0.2) is 0 Å². The molecule has 144 valence electrons.